The number of amides is 1. The summed E-state index contributed by atoms with van der Waals surface area (Å²) in [6.07, 6.45) is 4.69. The lowest BCUT2D eigenvalue weighted by molar-refractivity contribution is -0.129. The molecule has 0 aromatic carbocycles. The van der Waals surface area contributed by atoms with Gasteiger partial charge in [0, 0.05) is 13.0 Å². The van der Waals surface area contributed by atoms with E-state index in [1.54, 1.807) is 17.1 Å². The van der Waals surface area contributed by atoms with Crippen LogP contribution in [0.2, 0.25) is 0 Å². The van der Waals surface area contributed by atoms with E-state index in [9.17, 15) is 9.90 Å². The highest BCUT2D eigenvalue weighted by Gasteiger charge is 2.34. The number of rotatable bonds is 5. The van der Waals surface area contributed by atoms with Gasteiger partial charge < -0.3 is 10.0 Å². The first-order valence-electron chi connectivity index (χ1n) is 4.90. The minimum atomic E-state index is -0.487. The average molecular weight is 195 g/mol. The van der Waals surface area contributed by atoms with Crippen LogP contribution in [0, 0.1) is 0 Å². The number of carbonyl (C=O) groups excluding carboxylic acids is 1. The number of aliphatic hydroxyl groups is 1. The van der Waals surface area contributed by atoms with Gasteiger partial charge in [0.1, 0.15) is 0 Å². The Hall–Kier alpha value is -1.09. The summed E-state index contributed by atoms with van der Waals surface area (Å²) >= 11 is 0. The quantitative estimate of drug-likeness (QED) is 0.667. The number of nitrogens with zero attached hydrogens (tertiary/aromatic N) is 1. The summed E-state index contributed by atoms with van der Waals surface area (Å²) in [6, 6.07) is -0.0569. The Kier molecular flexibility index (Phi) is 3.89. The first-order chi connectivity index (χ1) is 6.70. The SMILES string of the molecule is C=CCC(O)[C@@H]1CCC(=O)N1CC=C. The fourth-order valence-corrected chi connectivity index (χ4v) is 1.86. The van der Waals surface area contributed by atoms with Crippen molar-refractivity contribution in [2.75, 3.05) is 6.54 Å². The molecule has 0 aliphatic carbocycles. The highest BCUT2D eigenvalue weighted by atomic mass is 16.3. The number of hydrogen-bond donors (Lipinski definition) is 1. The Bertz CT molecular complexity index is 237. The fraction of sp³-hybridized carbons (Fsp3) is 0.545. The zero-order valence-corrected chi connectivity index (χ0v) is 8.35. The minimum Gasteiger partial charge on any atom is -0.391 e. The summed E-state index contributed by atoms with van der Waals surface area (Å²) in [5.74, 6) is 0.109. The number of likely N-dealkylation sites (tertiary alicyclic amines) is 1. The second-order valence-corrected chi connectivity index (χ2v) is 3.53. The van der Waals surface area contributed by atoms with Crippen molar-refractivity contribution in [3.63, 3.8) is 0 Å². The molecule has 3 nitrogen and oxygen atoms in total. The number of aliphatic hydroxyl groups excluding tert-OH is 1. The molecule has 0 radical (unpaired) electrons. The van der Waals surface area contributed by atoms with Crippen molar-refractivity contribution >= 4 is 5.91 Å². The van der Waals surface area contributed by atoms with Gasteiger partial charge in [-0.2, -0.15) is 0 Å². The van der Waals surface area contributed by atoms with Gasteiger partial charge in [-0.3, -0.25) is 4.79 Å². The van der Waals surface area contributed by atoms with Gasteiger partial charge in [0.25, 0.3) is 0 Å². The Morgan fingerprint density at radius 1 is 1.57 bits per heavy atom. The van der Waals surface area contributed by atoms with E-state index in [4.69, 9.17) is 0 Å². The molecule has 1 rings (SSSR count). The normalized spacial score (nSPS) is 23.6. The second kappa shape index (κ2) is 4.96. The first kappa shape index (κ1) is 11.0. The van der Waals surface area contributed by atoms with Crippen LogP contribution >= 0.6 is 0 Å². The molecule has 1 N–H and O–H groups in total. The third-order valence-corrected chi connectivity index (χ3v) is 2.55. The summed E-state index contributed by atoms with van der Waals surface area (Å²) in [5.41, 5.74) is 0. The average Bonchev–Trinajstić information content (AvgIpc) is 2.50. The number of carbonyl (C=O) groups is 1. The largest absolute Gasteiger partial charge is 0.391 e. The molecule has 0 spiro atoms. The van der Waals surface area contributed by atoms with Gasteiger partial charge in [-0.25, -0.2) is 0 Å². The Morgan fingerprint density at radius 2 is 2.29 bits per heavy atom. The first-order valence-corrected chi connectivity index (χ1v) is 4.90. The highest BCUT2D eigenvalue weighted by Crippen LogP contribution is 2.22. The summed E-state index contributed by atoms with van der Waals surface area (Å²) in [4.78, 5) is 13.1. The van der Waals surface area contributed by atoms with Gasteiger partial charge >= 0.3 is 0 Å². The molecule has 1 aliphatic heterocycles. The van der Waals surface area contributed by atoms with Crippen LogP contribution in [0.25, 0.3) is 0 Å². The maximum atomic E-state index is 11.4. The van der Waals surface area contributed by atoms with Crippen LogP contribution in [0.5, 0.6) is 0 Å². The molecule has 78 valence electrons. The van der Waals surface area contributed by atoms with Crippen LogP contribution < -0.4 is 0 Å². The van der Waals surface area contributed by atoms with Crippen molar-refractivity contribution < 1.29 is 9.90 Å². The summed E-state index contributed by atoms with van der Waals surface area (Å²) in [5, 5.41) is 9.76. The van der Waals surface area contributed by atoms with Gasteiger partial charge in [-0.1, -0.05) is 12.2 Å². The van der Waals surface area contributed by atoms with Crippen LogP contribution in [0.15, 0.2) is 25.3 Å². The Labute approximate surface area is 84.7 Å². The lowest BCUT2D eigenvalue weighted by Crippen LogP contribution is -2.40. The van der Waals surface area contributed by atoms with Crippen molar-refractivity contribution in [2.24, 2.45) is 0 Å². The van der Waals surface area contributed by atoms with E-state index in [1.807, 2.05) is 0 Å². The van der Waals surface area contributed by atoms with Crippen LogP contribution in [0.1, 0.15) is 19.3 Å². The topological polar surface area (TPSA) is 40.5 Å². The van der Waals surface area contributed by atoms with Gasteiger partial charge in [-0.05, 0) is 12.8 Å². The van der Waals surface area contributed by atoms with Crippen LogP contribution in [0.3, 0.4) is 0 Å². The van der Waals surface area contributed by atoms with Gasteiger partial charge in [0.15, 0.2) is 0 Å². The van der Waals surface area contributed by atoms with E-state index in [1.165, 1.54) is 0 Å². The maximum Gasteiger partial charge on any atom is 0.223 e. The van der Waals surface area contributed by atoms with E-state index in [-0.39, 0.29) is 11.9 Å². The Balaban J connectivity index is 2.62. The number of hydrogen-bond acceptors (Lipinski definition) is 2. The van der Waals surface area contributed by atoms with Crippen molar-refractivity contribution in [2.45, 2.75) is 31.4 Å². The third kappa shape index (κ3) is 2.23. The summed E-state index contributed by atoms with van der Waals surface area (Å²) < 4.78 is 0. The monoisotopic (exact) mass is 195 g/mol. The molecule has 0 bridgehead atoms. The summed E-state index contributed by atoms with van der Waals surface area (Å²) in [6.45, 7) is 7.71. The zero-order valence-electron chi connectivity index (χ0n) is 8.35. The van der Waals surface area contributed by atoms with Crippen molar-refractivity contribution in [3.05, 3.63) is 25.3 Å². The van der Waals surface area contributed by atoms with E-state index in [2.05, 4.69) is 13.2 Å². The standard InChI is InChI=1S/C11H17NO2/c1-3-5-10(13)9-6-7-11(14)12(9)8-4-2/h3-4,9-10,13H,1-2,5-8H2/t9-,10?/m0/s1. The molecule has 2 atom stereocenters. The molecule has 1 fully saturated rings. The molecule has 14 heavy (non-hydrogen) atoms. The van der Waals surface area contributed by atoms with E-state index in [0.29, 0.717) is 19.4 Å². The summed E-state index contributed by atoms with van der Waals surface area (Å²) in [7, 11) is 0. The van der Waals surface area contributed by atoms with Gasteiger partial charge in [-0.15, -0.1) is 13.2 Å². The van der Waals surface area contributed by atoms with Gasteiger partial charge in [0.2, 0.25) is 5.91 Å². The predicted molar refractivity (Wildman–Crippen MR) is 55.8 cm³/mol. The lowest BCUT2D eigenvalue weighted by Gasteiger charge is -2.27. The molecule has 1 saturated heterocycles. The van der Waals surface area contributed by atoms with Gasteiger partial charge in [0.05, 0.1) is 12.1 Å². The van der Waals surface area contributed by atoms with E-state index < -0.39 is 6.10 Å². The van der Waals surface area contributed by atoms with Crippen molar-refractivity contribution in [1.82, 2.24) is 4.90 Å². The second-order valence-electron chi connectivity index (χ2n) is 3.53. The van der Waals surface area contributed by atoms with E-state index in [0.717, 1.165) is 6.42 Å². The molecule has 0 aromatic heterocycles. The van der Waals surface area contributed by atoms with Crippen LogP contribution in [-0.4, -0.2) is 34.6 Å². The fourth-order valence-electron chi connectivity index (χ4n) is 1.86. The van der Waals surface area contributed by atoms with Crippen LogP contribution in [0.4, 0.5) is 0 Å². The maximum absolute atomic E-state index is 11.4. The predicted octanol–water partition coefficient (Wildman–Crippen LogP) is 1.10. The molecular formula is C11H17NO2. The molecule has 0 saturated carbocycles. The molecule has 1 amide bonds. The third-order valence-electron chi connectivity index (χ3n) is 2.55. The van der Waals surface area contributed by atoms with Crippen molar-refractivity contribution in [3.8, 4) is 0 Å². The van der Waals surface area contributed by atoms with Crippen LogP contribution in [-0.2, 0) is 4.79 Å². The molecule has 3 heteroatoms. The Morgan fingerprint density at radius 3 is 2.86 bits per heavy atom. The molecule has 1 heterocycles. The molecule has 0 aromatic rings. The lowest BCUT2D eigenvalue weighted by atomic mass is 10.1. The molecular weight excluding hydrogens is 178 g/mol. The zero-order chi connectivity index (χ0) is 10.6. The molecule has 1 aliphatic rings. The molecule has 1 unspecified atom stereocenters. The smallest absolute Gasteiger partial charge is 0.223 e. The van der Waals surface area contributed by atoms with Crippen molar-refractivity contribution in [1.29, 1.82) is 0 Å². The highest BCUT2D eigenvalue weighted by molar-refractivity contribution is 5.79. The van der Waals surface area contributed by atoms with E-state index >= 15 is 0 Å². The minimum absolute atomic E-state index is 0.0569.